The summed E-state index contributed by atoms with van der Waals surface area (Å²) in [7, 11) is 0. The van der Waals surface area contributed by atoms with Gasteiger partial charge in [-0.3, -0.25) is 9.59 Å². The van der Waals surface area contributed by atoms with E-state index in [9.17, 15) is 9.59 Å². The van der Waals surface area contributed by atoms with E-state index in [1.54, 1.807) is 24.3 Å². The number of carbonyl (C=O) groups is 2. The van der Waals surface area contributed by atoms with Crippen molar-refractivity contribution in [3.8, 4) is 5.75 Å². The Hall–Kier alpha value is -2.82. The molecule has 0 unspecified atom stereocenters. The molecular formula is C17H18N2O3. The Morgan fingerprint density at radius 3 is 2.36 bits per heavy atom. The van der Waals surface area contributed by atoms with Crippen LogP contribution in [-0.4, -0.2) is 18.4 Å². The monoisotopic (exact) mass is 298 g/mol. The molecule has 2 rings (SSSR count). The van der Waals surface area contributed by atoms with Crippen LogP contribution in [0.4, 0.5) is 5.69 Å². The third-order valence-electron chi connectivity index (χ3n) is 2.98. The van der Waals surface area contributed by atoms with Crippen molar-refractivity contribution >= 4 is 17.5 Å². The fraction of sp³-hybridized carbons (Fsp3) is 0.176. The van der Waals surface area contributed by atoms with E-state index in [1.165, 1.54) is 0 Å². The molecule has 114 valence electrons. The van der Waals surface area contributed by atoms with Gasteiger partial charge in [-0.1, -0.05) is 18.2 Å². The van der Waals surface area contributed by atoms with E-state index >= 15 is 0 Å². The van der Waals surface area contributed by atoms with Crippen LogP contribution in [0.5, 0.6) is 5.75 Å². The molecule has 5 nitrogen and oxygen atoms in total. The number of carbonyl (C=O) groups excluding carboxylic acids is 2. The van der Waals surface area contributed by atoms with E-state index < -0.39 is 5.91 Å². The highest BCUT2D eigenvalue weighted by Crippen LogP contribution is 2.20. The van der Waals surface area contributed by atoms with Crippen LogP contribution >= 0.6 is 0 Å². The number of ether oxygens (including phenoxy) is 1. The molecule has 0 bridgehead atoms. The highest BCUT2D eigenvalue weighted by molar-refractivity contribution is 6.06. The van der Waals surface area contributed by atoms with Gasteiger partial charge in [0, 0.05) is 5.69 Å². The zero-order valence-electron chi connectivity index (χ0n) is 12.6. The van der Waals surface area contributed by atoms with Gasteiger partial charge in [-0.2, -0.15) is 0 Å². The summed E-state index contributed by atoms with van der Waals surface area (Å²) in [6, 6.07) is 12.5. The summed E-state index contributed by atoms with van der Waals surface area (Å²) < 4.78 is 5.27. The lowest BCUT2D eigenvalue weighted by Gasteiger charge is -2.11. The van der Waals surface area contributed by atoms with Crippen LogP contribution in [0.3, 0.4) is 0 Å². The fourth-order valence-electron chi connectivity index (χ4n) is 2.17. The third kappa shape index (κ3) is 4.09. The summed E-state index contributed by atoms with van der Waals surface area (Å²) in [5.74, 6) is -0.572. The summed E-state index contributed by atoms with van der Waals surface area (Å²) in [5.41, 5.74) is 8.25. The second-order valence-electron chi connectivity index (χ2n) is 5.08. The summed E-state index contributed by atoms with van der Waals surface area (Å²) in [5, 5.41) is 2.83. The van der Waals surface area contributed by atoms with Crippen molar-refractivity contribution < 1.29 is 14.3 Å². The molecule has 2 aromatic rings. The van der Waals surface area contributed by atoms with Crippen LogP contribution in [-0.2, 0) is 4.79 Å². The number of primary amides is 1. The molecule has 2 aromatic carbocycles. The van der Waals surface area contributed by atoms with Crippen molar-refractivity contribution in [1.82, 2.24) is 0 Å². The standard InChI is InChI=1S/C17H18N2O3/c1-11-7-12(2)9-13(8-11)19-17(21)14-5-3-4-6-15(14)22-10-16(18)20/h3-9H,10H2,1-2H3,(H2,18,20)(H,19,21). The van der Waals surface area contributed by atoms with E-state index in [1.807, 2.05) is 32.0 Å². The van der Waals surface area contributed by atoms with Crippen LogP contribution in [0.1, 0.15) is 21.5 Å². The number of rotatable bonds is 5. The molecule has 5 heteroatoms. The van der Waals surface area contributed by atoms with Crippen molar-refractivity contribution in [1.29, 1.82) is 0 Å². The largest absolute Gasteiger partial charge is 0.483 e. The van der Waals surface area contributed by atoms with Crippen molar-refractivity contribution in [2.45, 2.75) is 13.8 Å². The molecule has 0 spiro atoms. The lowest BCUT2D eigenvalue weighted by molar-refractivity contribution is -0.119. The number of benzene rings is 2. The van der Waals surface area contributed by atoms with E-state index in [2.05, 4.69) is 5.32 Å². The van der Waals surface area contributed by atoms with E-state index in [-0.39, 0.29) is 12.5 Å². The van der Waals surface area contributed by atoms with Gasteiger partial charge in [0.25, 0.3) is 11.8 Å². The van der Waals surface area contributed by atoms with Gasteiger partial charge in [0.15, 0.2) is 6.61 Å². The Bertz CT molecular complexity index is 691. The number of aryl methyl sites for hydroxylation is 2. The Morgan fingerprint density at radius 2 is 1.73 bits per heavy atom. The predicted molar refractivity (Wildman–Crippen MR) is 85.0 cm³/mol. The number of para-hydroxylation sites is 1. The minimum absolute atomic E-state index is 0.270. The van der Waals surface area contributed by atoms with Crippen LogP contribution in [0.15, 0.2) is 42.5 Å². The van der Waals surface area contributed by atoms with Gasteiger partial charge in [-0.25, -0.2) is 0 Å². The lowest BCUT2D eigenvalue weighted by Crippen LogP contribution is -2.21. The number of hydrogen-bond donors (Lipinski definition) is 2. The molecule has 0 aliphatic carbocycles. The lowest BCUT2D eigenvalue weighted by atomic mass is 10.1. The third-order valence-corrected chi connectivity index (χ3v) is 2.98. The summed E-state index contributed by atoms with van der Waals surface area (Å²) >= 11 is 0. The molecule has 0 aromatic heterocycles. The topological polar surface area (TPSA) is 81.4 Å². The van der Waals surface area contributed by atoms with Gasteiger partial charge in [-0.05, 0) is 49.2 Å². The molecule has 0 aliphatic rings. The van der Waals surface area contributed by atoms with Crippen molar-refractivity contribution in [3.05, 3.63) is 59.2 Å². The first-order valence-electron chi connectivity index (χ1n) is 6.85. The van der Waals surface area contributed by atoms with Gasteiger partial charge in [0.05, 0.1) is 5.56 Å². The van der Waals surface area contributed by atoms with Gasteiger partial charge in [0.1, 0.15) is 5.75 Å². The summed E-state index contributed by atoms with van der Waals surface area (Å²) in [6.07, 6.45) is 0. The van der Waals surface area contributed by atoms with Crippen molar-refractivity contribution in [2.75, 3.05) is 11.9 Å². The average Bonchev–Trinajstić information content (AvgIpc) is 2.44. The Morgan fingerprint density at radius 1 is 1.09 bits per heavy atom. The van der Waals surface area contributed by atoms with Crippen LogP contribution < -0.4 is 15.8 Å². The van der Waals surface area contributed by atoms with Crippen LogP contribution in [0, 0.1) is 13.8 Å². The van der Waals surface area contributed by atoms with Crippen LogP contribution in [0.2, 0.25) is 0 Å². The molecular weight excluding hydrogens is 280 g/mol. The van der Waals surface area contributed by atoms with Crippen molar-refractivity contribution in [3.63, 3.8) is 0 Å². The summed E-state index contributed by atoms with van der Waals surface area (Å²) in [4.78, 5) is 23.2. The number of amides is 2. The summed E-state index contributed by atoms with van der Waals surface area (Å²) in [6.45, 7) is 3.66. The Balaban J connectivity index is 2.20. The first-order chi connectivity index (χ1) is 10.5. The molecule has 3 N–H and O–H groups in total. The molecule has 0 heterocycles. The molecule has 0 saturated carbocycles. The molecule has 0 fully saturated rings. The molecule has 0 radical (unpaired) electrons. The first kappa shape index (κ1) is 15.6. The Labute approximate surface area is 129 Å². The molecule has 0 aliphatic heterocycles. The normalized spacial score (nSPS) is 10.1. The number of anilines is 1. The molecule has 0 atom stereocenters. The highest BCUT2D eigenvalue weighted by Gasteiger charge is 2.13. The number of nitrogens with one attached hydrogen (secondary N) is 1. The SMILES string of the molecule is Cc1cc(C)cc(NC(=O)c2ccccc2OCC(N)=O)c1. The van der Waals surface area contributed by atoms with Crippen LogP contribution in [0.25, 0.3) is 0 Å². The minimum Gasteiger partial charge on any atom is -0.483 e. The highest BCUT2D eigenvalue weighted by atomic mass is 16.5. The number of hydrogen-bond acceptors (Lipinski definition) is 3. The maximum Gasteiger partial charge on any atom is 0.259 e. The van der Waals surface area contributed by atoms with Gasteiger partial charge >= 0.3 is 0 Å². The molecule has 22 heavy (non-hydrogen) atoms. The molecule has 2 amide bonds. The second kappa shape index (κ2) is 6.76. The predicted octanol–water partition coefficient (Wildman–Crippen LogP) is 2.42. The number of nitrogens with two attached hydrogens (primary N) is 1. The van der Waals surface area contributed by atoms with E-state index in [0.717, 1.165) is 11.1 Å². The van der Waals surface area contributed by atoms with Gasteiger partial charge < -0.3 is 15.8 Å². The minimum atomic E-state index is -0.593. The fourth-order valence-corrected chi connectivity index (χ4v) is 2.17. The maximum atomic E-state index is 12.4. The van der Waals surface area contributed by atoms with Gasteiger partial charge in [-0.15, -0.1) is 0 Å². The zero-order chi connectivity index (χ0) is 16.1. The quantitative estimate of drug-likeness (QED) is 0.889. The molecule has 0 saturated heterocycles. The zero-order valence-corrected chi connectivity index (χ0v) is 12.6. The van der Waals surface area contributed by atoms with Gasteiger partial charge in [0.2, 0.25) is 0 Å². The smallest absolute Gasteiger partial charge is 0.259 e. The van der Waals surface area contributed by atoms with Crippen molar-refractivity contribution in [2.24, 2.45) is 5.73 Å². The maximum absolute atomic E-state index is 12.4. The van der Waals surface area contributed by atoms with E-state index in [0.29, 0.717) is 17.0 Å². The Kier molecular flexibility index (Phi) is 4.78. The average molecular weight is 298 g/mol. The first-order valence-corrected chi connectivity index (χ1v) is 6.85. The van der Waals surface area contributed by atoms with E-state index in [4.69, 9.17) is 10.5 Å². The second-order valence-corrected chi connectivity index (χ2v) is 5.08.